The quantitative estimate of drug-likeness (QED) is 0.181. The number of ether oxygens (including phenoxy) is 1. The Kier molecular flexibility index (Phi) is 8.39. The maximum Gasteiger partial charge on any atom is 0.229 e. The lowest BCUT2D eigenvalue weighted by Gasteiger charge is -2.12. The Balaban J connectivity index is 1.29. The van der Waals surface area contributed by atoms with Crippen LogP contribution in [-0.2, 0) is 11.2 Å². The number of pyridine rings is 1. The summed E-state index contributed by atoms with van der Waals surface area (Å²) in [6.45, 7) is 1.43. The van der Waals surface area contributed by atoms with Gasteiger partial charge in [-0.15, -0.1) is 11.3 Å². The number of rotatable bonds is 11. The summed E-state index contributed by atoms with van der Waals surface area (Å²) in [6, 6.07) is 27.2. The van der Waals surface area contributed by atoms with Crippen LogP contribution in [0.25, 0.3) is 28.0 Å². The number of nitrogens with zero attached hydrogens (tertiary/aromatic N) is 5. The highest BCUT2D eigenvalue weighted by Gasteiger charge is 2.19. The Morgan fingerprint density at radius 1 is 0.977 bits per heavy atom. The van der Waals surface area contributed by atoms with E-state index in [9.17, 15) is 4.79 Å². The van der Waals surface area contributed by atoms with Gasteiger partial charge in [0.05, 0.1) is 23.2 Å². The molecule has 0 radical (unpaired) electrons. The Labute approximate surface area is 253 Å². The number of hydrogen-bond donors (Lipinski definition) is 2. The van der Waals surface area contributed by atoms with Gasteiger partial charge in [-0.25, -0.2) is 14.5 Å². The van der Waals surface area contributed by atoms with E-state index in [1.165, 1.54) is 0 Å². The van der Waals surface area contributed by atoms with Gasteiger partial charge >= 0.3 is 0 Å². The van der Waals surface area contributed by atoms with E-state index in [0.29, 0.717) is 24.7 Å². The van der Waals surface area contributed by atoms with Crippen LogP contribution in [0.15, 0.2) is 103 Å². The normalized spacial score (nSPS) is 11.1. The Bertz CT molecular complexity index is 1850. The lowest BCUT2D eigenvalue weighted by molar-refractivity contribution is -0.115. The predicted octanol–water partition coefficient (Wildman–Crippen LogP) is 6.39. The van der Waals surface area contributed by atoms with Crippen LogP contribution in [-0.4, -0.2) is 57.6 Å². The number of amides is 1. The number of aromatic nitrogens is 4. The molecule has 0 bridgehead atoms. The molecule has 2 N–H and O–H groups in total. The van der Waals surface area contributed by atoms with Gasteiger partial charge in [-0.3, -0.25) is 4.79 Å². The largest absolute Gasteiger partial charge is 0.492 e. The van der Waals surface area contributed by atoms with E-state index in [-0.39, 0.29) is 5.91 Å². The molecule has 6 rings (SSSR count). The maximum absolute atomic E-state index is 12.7. The van der Waals surface area contributed by atoms with Crippen LogP contribution >= 0.6 is 11.3 Å². The van der Waals surface area contributed by atoms with E-state index in [0.717, 1.165) is 50.9 Å². The van der Waals surface area contributed by atoms with Gasteiger partial charge in [-0.05, 0) is 68.0 Å². The van der Waals surface area contributed by atoms with Crippen LogP contribution in [0.1, 0.15) is 4.88 Å². The van der Waals surface area contributed by atoms with Crippen LogP contribution < -0.4 is 15.4 Å². The highest BCUT2D eigenvalue weighted by molar-refractivity contribution is 7.10. The molecule has 0 aliphatic rings. The van der Waals surface area contributed by atoms with Crippen molar-refractivity contribution in [2.75, 3.05) is 37.9 Å². The van der Waals surface area contributed by atoms with Gasteiger partial charge in [0.2, 0.25) is 11.9 Å². The summed E-state index contributed by atoms with van der Waals surface area (Å²) < 4.78 is 7.73. The third kappa shape index (κ3) is 6.88. The highest BCUT2D eigenvalue weighted by atomic mass is 32.1. The molecule has 43 heavy (non-hydrogen) atoms. The van der Waals surface area contributed by atoms with Crippen LogP contribution in [0, 0.1) is 0 Å². The number of thiophene rings is 1. The molecule has 0 saturated carbocycles. The van der Waals surface area contributed by atoms with Crippen molar-refractivity contribution >= 4 is 40.1 Å². The minimum absolute atomic E-state index is 0.0616. The number of anilines is 3. The number of carbonyl (C=O) groups excluding carboxylic acids is 1. The van der Waals surface area contributed by atoms with Crippen molar-refractivity contribution < 1.29 is 9.53 Å². The van der Waals surface area contributed by atoms with Crippen molar-refractivity contribution in [1.29, 1.82) is 0 Å². The second kappa shape index (κ2) is 12.8. The third-order valence-corrected chi connectivity index (χ3v) is 7.56. The van der Waals surface area contributed by atoms with Gasteiger partial charge in [0, 0.05) is 46.8 Å². The molecule has 0 aliphatic heterocycles. The average molecular weight is 590 g/mol. The monoisotopic (exact) mass is 589 g/mol. The number of likely N-dealkylation sites (N-methyl/N-ethyl adjacent to an activating group) is 1. The molecule has 0 spiro atoms. The molecule has 0 saturated heterocycles. The van der Waals surface area contributed by atoms with Crippen LogP contribution in [0.2, 0.25) is 0 Å². The van der Waals surface area contributed by atoms with Crippen molar-refractivity contribution in [3.8, 4) is 28.3 Å². The molecule has 2 aromatic carbocycles. The van der Waals surface area contributed by atoms with E-state index in [1.54, 1.807) is 17.5 Å². The molecule has 1 amide bonds. The van der Waals surface area contributed by atoms with E-state index < -0.39 is 0 Å². The van der Waals surface area contributed by atoms with Gasteiger partial charge in [-0.2, -0.15) is 5.10 Å². The van der Waals surface area contributed by atoms with E-state index in [4.69, 9.17) is 14.8 Å². The molecule has 9 nitrogen and oxygen atoms in total. The first-order valence-corrected chi connectivity index (χ1v) is 14.8. The van der Waals surface area contributed by atoms with E-state index in [1.807, 2.05) is 115 Å². The van der Waals surface area contributed by atoms with Crippen molar-refractivity contribution in [3.63, 3.8) is 0 Å². The number of carbonyl (C=O) groups is 1. The fourth-order valence-corrected chi connectivity index (χ4v) is 5.37. The summed E-state index contributed by atoms with van der Waals surface area (Å²) in [5.41, 5.74) is 5.65. The lowest BCUT2D eigenvalue weighted by atomic mass is 10.0. The molecular weight excluding hydrogens is 558 g/mol. The smallest absolute Gasteiger partial charge is 0.229 e. The molecule has 6 aromatic rings. The summed E-state index contributed by atoms with van der Waals surface area (Å²) in [5, 5.41) is 13.2. The Morgan fingerprint density at radius 2 is 1.86 bits per heavy atom. The van der Waals surface area contributed by atoms with Crippen molar-refractivity contribution in [1.82, 2.24) is 24.5 Å². The second-order valence-corrected chi connectivity index (χ2v) is 11.2. The minimum Gasteiger partial charge on any atom is -0.492 e. The fraction of sp³-hybridized carbons (Fsp3) is 0.152. The predicted molar refractivity (Wildman–Crippen MR) is 172 cm³/mol. The number of nitrogens with one attached hydrogen (secondary N) is 2. The Hall–Kier alpha value is -5.06. The molecule has 0 fully saturated rings. The topological polar surface area (TPSA) is 96.7 Å². The van der Waals surface area contributed by atoms with Gasteiger partial charge in [0.1, 0.15) is 18.1 Å². The maximum atomic E-state index is 12.7. The highest BCUT2D eigenvalue weighted by Crippen LogP contribution is 2.35. The van der Waals surface area contributed by atoms with Gasteiger partial charge in [0.25, 0.3) is 0 Å². The van der Waals surface area contributed by atoms with Gasteiger partial charge in [-0.1, -0.05) is 30.3 Å². The summed E-state index contributed by atoms with van der Waals surface area (Å²) in [4.78, 5) is 25.1. The molecule has 0 unspecified atom stereocenters. The van der Waals surface area contributed by atoms with E-state index in [2.05, 4.69) is 20.5 Å². The number of hydrogen-bond acceptors (Lipinski definition) is 8. The standard InChI is InChI=1S/C33H31N7O2S/c1-39(2)17-18-42-26-11-6-10-25(21-26)36-33-34-15-14-28(37-33)31-29-13-3-4-16-40(29)38-32(31)23-8-5-9-24(20-23)35-30(41)22-27-12-7-19-43-27/h3-16,19-21H,17-18,22H2,1-2H3,(H,35,41)(H,34,36,37). The molecule has 216 valence electrons. The molecule has 0 aliphatic carbocycles. The minimum atomic E-state index is -0.0616. The van der Waals surface area contributed by atoms with Crippen LogP contribution in [0.3, 0.4) is 0 Å². The molecular formula is C33H31N7O2S. The fourth-order valence-electron chi connectivity index (χ4n) is 4.67. The van der Waals surface area contributed by atoms with Crippen molar-refractivity contribution in [2.24, 2.45) is 0 Å². The molecule has 4 aromatic heterocycles. The number of fused-ring (bicyclic) bond motifs is 1. The zero-order chi connectivity index (χ0) is 29.6. The molecule has 0 atom stereocenters. The summed E-state index contributed by atoms with van der Waals surface area (Å²) in [5.74, 6) is 1.17. The first kappa shape index (κ1) is 28.1. The van der Waals surface area contributed by atoms with Crippen molar-refractivity contribution in [3.05, 3.63) is 108 Å². The molecule has 10 heteroatoms. The first-order valence-electron chi connectivity index (χ1n) is 13.9. The van der Waals surface area contributed by atoms with Crippen LogP contribution in [0.4, 0.5) is 17.3 Å². The zero-order valence-corrected chi connectivity index (χ0v) is 24.7. The van der Waals surface area contributed by atoms with Gasteiger partial charge in [0.15, 0.2) is 0 Å². The average Bonchev–Trinajstić information content (AvgIpc) is 3.65. The third-order valence-electron chi connectivity index (χ3n) is 6.68. The summed E-state index contributed by atoms with van der Waals surface area (Å²) in [7, 11) is 4.03. The lowest BCUT2D eigenvalue weighted by Crippen LogP contribution is -2.19. The summed E-state index contributed by atoms with van der Waals surface area (Å²) in [6.07, 6.45) is 3.99. The molecule has 4 heterocycles. The van der Waals surface area contributed by atoms with Gasteiger partial charge < -0.3 is 20.3 Å². The zero-order valence-electron chi connectivity index (χ0n) is 23.9. The first-order chi connectivity index (χ1) is 21.0. The van der Waals surface area contributed by atoms with E-state index >= 15 is 0 Å². The summed E-state index contributed by atoms with van der Waals surface area (Å²) >= 11 is 1.57. The Morgan fingerprint density at radius 3 is 2.72 bits per heavy atom. The van der Waals surface area contributed by atoms with Crippen LogP contribution in [0.5, 0.6) is 5.75 Å². The SMILES string of the molecule is CN(C)CCOc1cccc(Nc2nccc(-c3c(-c4cccc(NC(=O)Cc5cccs5)c4)nn4ccccc34)n2)c1. The van der Waals surface area contributed by atoms with Crippen molar-refractivity contribution in [2.45, 2.75) is 6.42 Å². The second-order valence-electron chi connectivity index (χ2n) is 10.2. The number of benzene rings is 2.